The van der Waals surface area contributed by atoms with Gasteiger partial charge in [-0.15, -0.1) is 0 Å². The lowest BCUT2D eigenvalue weighted by molar-refractivity contribution is 0.884. The van der Waals surface area contributed by atoms with Gasteiger partial charge in [0, 0.05) is 11.4 Å². The molecule has 2 rings (SSSR count). The Labute approximate surface area is 141 Å². The number of rotatable bonds is 6. The molecule has 0 bridgehead atoms. The zero-order valence-electron chi connectivity index (χ0n) is 14.8. The van der Waals surface area contributed by atoms with E-state index >= 15 is 0 Å². The molecule has 0 aromatic heterocycles. The van der Waals surface area contributed by atoms with Crippen molar-refractivity contribution in [1.29, 1.82) is 0 Å². The summed E-state index contributed by atoms with van der Waals surface area (Å²) in [6.45, 7) is 12.7. The number of nitrogens with one attached hydrogen (secondary N) is 1. The molecule has 1 atom stereocenters. The molecule has 0 aliphatic carbocycles. The molecule has 1 unspecified atom stereocenters. The molecule has 0 saturated carbocycles. The molecule has 1 aromatic carbocycles. The van der Waals surface area contributed by atoms with Crippen LogP contribution in [0, 0.1) is 0 Å². The van der Waals surface area contributed by atoms with Gasteiger partial charge < -0.3 is 0 Å². The lowest BCUT2D eigenvalue weighted by Gasteiger charge is -2.25. The minimum absolute atomic E-state index is 1.13. The molecule has 122 valence electrons. The van der Waals surface area contributed by atoms with E-state index in [2.05, 4.69) is 74.3 Å². The summed E-state index contributed by atoms with van der Waals surface area (Å²) in [5.74, 6) is 2.16. The second-order valence-corrected chi connectivity index (χ2v) is 9.69. The molecular weight excluding hydrogens is 299 g/mol. The van der Waals surface area contributed by atoms with Crippen molar-refractivity contribution in [2.75, 3.05) is 12.8 Å². The highest BCUT2D eigenvalue weighted by Crippen LogP contribution is 2.53. The summed E-state index contributed by atoms with van der Waals surface area (Å²) in [4.78, 5) is 4.68. The maximum Gasteiger partial charge on any atom is 0.169 e. The Morgan fingerprint density at radius 3 is 2.70 bits per heavy atom. The number of benzene rings is 1. The van der Waals surface area contributed by atoms with Crippen molar-refractivity contribution in [3.8, 4) is 0 Å². The smallest absolute Gasteiger partial charge is 0.169 e. The van der Waals surface area contributed by atoms with E-state index in [0.29, 0.717) is 0 Å². The fraction of sp³-hybridized carbons (Fsp3) is 0.350. The highest BCUT2D eigenvalue weighted by atomic mass is 31.2. The average molecular weight is 327 g/mol. The maximum absolute atomic E-state index is 4.68. The van der Waals surface area contributed by atoms with Crippen LogP contribution in [-0.2, 0) is 0 Å². The van der Waals surface area contributed by atoms with Crippen LogP contribution in [-0.4, -0.2) is 18.8 Å². The molecular formula is C20H28N2P+. The minimum atomic E-state index is -1.40. The van der Waals surface area contributed by atoms with Crippen molar-refractivity contribution in [2.45, 2.75) is 33.6 Å². The lowest BCUT2D eigenvalue weighted by atomic mass is 10.1. The predicted octanol–water partition coefficient (Wildman–Crippen LogP) is 5.96. The molecule has 0 radical (unpaired) electrons. The van der Waals surface area contributed by atoms with Crippen LogP contribution in [0.25, 0.3) is 12.2 Å². The summed E-state index contributed by atoms with van der Waals surface area (Å²) in [6.07, 6.45) is 7.58. The van der Waals surface area contributed by atoms with E-state index in [4.69, 9.17) is 0 Å². The largest absolute Gasteiger partial charge is 0.259 e. The Bertz CT molecular complexity index is 670. The molecule has 3 heteroatoms. The normalized spacial score (nSPS) is 21.5. The summed E-state index contributed by atoms with van der Waals surface area (Å²) >= 11 is 0. The van der Waals surface area contributed by atoms with Crippen molar-refractivity contribution < 1.29 is 0 Å². The topological polar surface area (TPSA) is 24.4 Å². The van der Waals surface area contributed by atoms with E-state index in [9.17, 15) is 0 Å². The minimum Gasteiger partial charge on any atom is -0.259 e. The van der Waals surface area contributed by atoms with E-state index in [1.807, 2.05) is 12.1 Å². The van der Waals surface area contributed by atoms with Gasteiger partial charge in [-0.05, 0) is 43.0 Å². The molecule has 1 aliphatic rings. The van der Waals surface area contributed by atoms with Gasteiger partial charge in [0.1, 0.15) is 13.6 Å². The summed E-state index contributed by atoms with van der Waals surface area (Å²) < 4.78 is 0. The summed E-state index contributed by atoms with van der Waals surface area (Å²) in [7, 11) is -1.40. The van der Waals surface area contributed by atoms with Crippen LogP contribution in [0.2, 0.25) is 0 Å². The third kappa shape index (κ3) is 4.65. The summed E-state index contributed by atoms with van der Waals surface area (Å²) in [5, 5.41) is 3.76. The van der Waals surface area contributed by atoms with Crippen LogP contribution in [0.3, 0.4) is 0 Å². The van der Waals surface area contributed by atoms with Gasteiger partial charge >= 0.3 is 0 Å². The lowest BCUT2D eigenvalue weighted by Crippen LogP contribution is -2.20. The fourth-order valence-corrected chi connectivity index (χ4v) is 5.68. The van der Waals surface area contributed by atoms with E-state index in [1.54, 1.807) is 0 Å². The standard InChI is InChI=1S/C20H28N2P/c1-6-10-20-14-23(5,15-21-17(20)4)22-16(3)13-19-12-9-8-11-18(19)7-2/h7-9,11-13,15,22H,2,6,10,14H2,1,3-5H3/q+1/b16-13+. The van der Waals surface area contributed by atoms with Gasteiger partial charge in [0.05, 0.1) is 6.66 Å². The zero-order chi connectivity index (χ0) is 16.9. The number of allylic oxidation sites excluding steroid dienone is 3. The highest BCUT2D eigenvalue weighted by molar-refractivity contribution is 7.87. The van der Waals surface area contributed by atoms with Gasteiger partial charge in [-0.3, -0.25) is 5.09 Å². The first-order valence-electron chi connectivity index (χ1n) is 8.24. The van der Waals surface area contributed by atoms with Crippen LogP contribution in [0.4, 0.5) is 0 Å². The van der Waals surface area contributed by atoms with E-state index in [0.717, 1.165) is 18.1 Å². The van der Waals surface area contributed by atoms with Gasteiger partial charge in [0.2, 0.25) is 0 Å². The zero-order valence-corrected chi connectivity index (χ0v) is 15.7. The first-order chi connectivity index (χ1) is 11.0. The summed E-state index contributed by atoms with van der Waals surface area (Å²) in [6, 6.07) is 8.33. The Hall–Kier alpha value is -1.66. The first kappa shape index (κ1) is 17.7. The van der Waals surface area contributed by atoms with Crippen molar-refractivity contribution in [2.24, 2.45) is 4.99 Å². The molecule has 0 amide bonds. The fourth-order valence-electron chi connectivity index (χ4n) is 2.98. The second kappa shape index (κ2) is 7.75. The average Bonchev–Trinajstić information content (AvgIpc) is 2.51. The Balaban J connectivity index is 2.17. The second-order valence-electron chi connectivity index (χ2n) is 6.38. The van der Waals surface area contributed by atoms with Gasteiger partial charge in [-0.25, -0.2) is 4.99 Å². The Kier molecular flexibility index (Phi) is 5.96. The first-order valence-corrected chi connectivity index (χ1v) is 10.7. The number of hydrogen-bond acceptors (Lipinski definition) is 2. The van der Waals surface area contributed by atoms with Crippen LogP contribution in [0.15, 0.2) is 52.8 Å². The molecule has 0 fully saturated rings. The van der Waals surface area contributed by atoms with Crippen LogP contribution < -0.4 is 5.09 Å². The molecule has 1 aliphatic heterocycles. The Morgan fingerprint density at radius 2 is 2.04 bits per heavy atom. The molecule has 1 heterocycles. The van der Waals surface area contributed by atoms with E-state index in [-0.39, 0.29) is 0 Å². The highest BCUT2D eigenvalue weighted by Gasteiger charge is 2.34. The molecule has 1 aromatic rings. The van der Waals surface area contributed by atoms with Gasteiger partial charge in [0.15, 0.2) is 5.96 Å². The SMILES string of the molecule is C=Cc1ccccc1/C=C(\C)N[P+]1(C)C=NC(C)=C(CCC)C1. The number of aliphatic imine (C=N–C) groups is 1. The maximum atomic E-state index is 4.68. The van der Waals surface area contributed by atoms with Gasteiger partial charge in [-0.2, -0.15) is 0 Å². The van der Waals surface area contributed by atoms with Crippen molar-refractivity contribution in [3.05, 3.63) is 58.9 Å². The third-order valence-electron chi connectivity index (χ3n) is 4.11. The Morgan fingerprint density at radius 1 is 1.35 bits per heavy atom. The van der Waals surface area contributed by atoms with Crippen molar-refractivity contribution in [1.82, 2.24) is 5.09 Å². The molecule has 0 saturated heterocycles. The number of nitrogens with zero attached hydrogens (tertiary/aromatic N) is 1. The quantitative estimate of drug-likeness (QED) is 0.641. The third-order valence-corrected chi connectivity index (χ3v) is 6.64. The molecule has 0 spiro atoms. The molecule has 2 nitrogen and oxygen atoms in total. The number of hydrogen-bond donors (Lipinski definition) is 1. The van der Waals surface area contributed by atoms with E-state index in [1.165, 1.54) is 29.0 Å². The molecule has 23 heavy (non-hydrogen) atoms. The van der Waals surface area contributed by atoms with Gasteiger partial charge in [-0.1, -0.05) is 50.3 Å². The van der Waals surface area contributed by atoms with Crippen molar-refractivity contribution >= 4 is 25.5 Å². The monoisotopic (exact) mass is 327 g/mol. The summed E-state index contributed by atoms with van der Waals surface area (Å²) in [5.41, 5.74) is 6.28. The molecule has 1 N–H and O–H groups in total. The predicted molar refractivity (Wildman–Crippen MR) is 107 cm³/mol. The van der Waals surface area contributed by atoms with Gasteiger partial charge in [0.25, 0.3) is 0 Å². The van der Waals surface area contributed by atoms with Crippen LogP contribution in [0.1, 0.15) is 44.7 Å². The van der Waals surface area contributed by atoms with Crippen molar-refractivity contribution in [3.63, 3.8) is 0 Å². The van der Waals surface area contributed by atoms with Crippen LogP contribution >= 0.6 is 7.41 Å². The van der Waals surface area contributed by atoms with Crippen LogP contribution in [0.5, 0.6) is 0 Å². The van der Waals surface area contributed by atoms with E-state index < -0.39 is 7.41 Å².